The summed E-state index contributed by atoms with van der Waals surface area (Å²) in [6.07, 6.45) is 0.294. The van der Waals surface area contributed by atoms with Gasteiger partial charge in [-0.3, -0.25) is 9.69 Å². The van der Waals surface area contributed by atoms with Crippen LogP contribution in [0.25, 0.3) is 0 Å². The molecular weight excluding hydrogens is 310 g/mol. The van der Waals surface area contributed by atoms with Crippen LogP contribution in [-0.2, 0) is 14.3 Å². The SMILES string of the molecule is CC(C)(C)CCOC(=O)N1CCC(=O)C1(CCCCl)C(=O)O. The lowest BCUT2D eigenvalue weighted by atomic mass is 9.89. The monoisotopic (exact) mass is 333 g/mol. The summed E-state index contributed by atoms with van der Waals surface area (Å²) < 4.78 is 5.17. The number of carboxylic acids is 1. The van der Waals surface area contributed by atoms with Crippen molar-refractivity contribution in [1.82, 2.24) is 4.90 Å². The average molecular weight is 334 g/mol. The van der Waals surface area contributed by atoms with E-state index in [2.05, 4.69) is 0 Å². The van der Waals surface area contributed by atoms with E-state index >= 15 is 0 Å². The second-order valence-corrected chi connectivity index (χ2v) is 7.09. The fraction of sp³-hybridized carbons (Fsp3) is 0.800. The van der Waals surface area contributed by atoms with Crippen LogP contribution in [0.5, 0.6) is 0 Å². The molecule has 1 fully saturated rings. The molecule has 1 N–H and O–H groups in total. The molecule has 0 saturated carbocycles. The lowest BCUT2D eigenvalue weighted by molar-refractivity contribution is -0.153. The number of rotatable bonds is 6. The van der Waals surface area contributed by atoms with E-state index in [1.165, 1.54) is 0 Å². The quantitative estimate of drug-likeness (QED) is 0.596. The smallest absolute Gasteiger partial charge is 0.411 e. The van der Waals surface area contributed by atoms with Gasteiger partial charge in [0, 0.05) is 18.8 Å². The van der Waals surface area contributed by atoms with Gasteiger partial charge in [0.15, 0.2) is 5.78 Å². The minimum absolute atomic E-state index is 0.00359. The van der Waals surface area contributed by atoms with Gasteiger partial charge in [-0.1, -0.05) is 20.8 Å². The van der Waals surface area contributed by atoms with Gasteiger partial charge in [-0.15, -0.1) is 11.6 Å². The number of halogens is 1. The molecule has 126 valence electrons. The lowest BCUT2D eigenvalue weighted by Crippen LogP contribution is -2.57. The fourth-order valence-corrected chi connectivity index (χ4v) is 2.60. The maximum atomic E-state index is 12.2. The van der Waals surface area contributed by atoms with Crippen LogP contribution in [0, 0.1) is 5.41 Å². The molecule has 1 aliphatic rings. The highest BCUT2D eigenvalue weighted by atomic mass is 35.5. The Hall–Kier alpha value is -1.30. The Morgan fingerprint density at radius 3 is 2.55 bits per heavy atom. The topological polar surface area (TPSA) is 83.9 Å². The molecule has 0 aromatic heterocycles. The molecule has 1 aliphatic heterocycles. The highest BCUT2D eigenvalue weighted by Crippen LogP contribution is 2.32. The van der Waals surface area contributed by atoms with Crippen molar-refractivity contribution < 1.29 is 24.2 Å². The van der Waals surface area contributed by atoms with E-state index < -0.39 is 23.4 Å². The normalized spacial score (nSPS) is 22.0. The summed E-state index contributed by atoms with van der Waals surface area (Å²) in [6, 6.07) is 0. The second-order valence-electron chi connectivity index (χ2n) is 6.71. The maximum absolute atomic E-state index is 12.2. The molecule has 0 aromatic rings. The zero-order valence-corrected chi connectivity index (χ0v) is 14.1. The number of hydrogen-bond donors (Lipinski definition) is 1. The number of aliphatic carboxylic acids is 1. The summed E-state index contributed by atoms with van der Waals surface area (Å²) >= 11 is 5.62. The number of amides is 1. The second kappa shape index (κ2) is 7.31. The molecule has 1 unspecified atom stereocenters. The molecule has 1 atom stereocenters. The van der Waals surface area contributed by atoms with Crippen molar-refractivity contribution in [3.63, 3.8) is 0 Å². The van der Waals surface area contributed by atoms with Crippen LogP contribution >= 0.6 is 11.6 Å². The van der Waals surface area contributed by atoms with E-state index in [4.69, 9.17) is 16.3 Å². The molecule has 0 aliphatic carbocycles. The number of carbonyl (C=O) groups excluding carboxylic acids is 2. The average Bonchev–Trinajstić information content (AvgIpc) is 2.73. The van der Waals surface area contributed by atoms with Crippen molar-refractivity contribution in [3.05, 3.63) is 0 Å². The Morgan fingerprint density at radius 1 is 1.41 bits per heavy atom. The standard InChI is InChI=1S/C15H24ClNO5/c1-14(2,3)7-10-22-13(21)17-9-5-11(18)15(17,12(19)20)6-4-8-16/h4-10H2,1-3H3,(H,19,20). The van der Waals surface area contributed by atoms with E-state index in [0.717, 1.165) is 4.90 Å². The van der Waals surface area contributed by atoms with Crippen LogP contribution in [0.2, 0.25) is 0 Å². The van der Waals surface area contributed by atoms with E-state index in [0.29, 0.717) is 12.8 Å². The van der Waals surface area contributed by atoms with Crippen LogP contribution in [-0.4, -0.2) is 52.4 Å². The summed E-state index contributed by atoms with van der Waals surface area (Å²) in [7, 11) is 0. The minimum atomic E-state index is -1.83. The zero-order valence-electron chi connectivity index (χ0n) is 13.4. The Balaban J connectivity index is 2.83. The molecule has 1 heterocycles. The highest BCUT2D eigenvalue weighted by molar-refractivity contribution is 6.18. The Bertz CT molecular complexity index is 446. The fourth-order valence-electron chi connectivity index (χ4n) is 2.47. The van der Waals surface area contributed by atoms with Gasteiger partial charge in [-0.05, 0) is 24.7 Å². The summed E-state index contributed by atoms with van der Waals surface area (Å²) in [5.41, 5.74) is -1.82. The Kier molecular flexibility index (Phi) is 6.23. The van der Waals surface area contributed by atoms with Crippen molar-refractivity contribution in [2.45, 2.75) is 52.0 Å². The van der Waals surface area contributed by atoms with Crippen LogP contribution in [0.4, 0.5) is 4.79 Å². The molecule has 6 nitrogen and oxygen atoms in total. The van der Waals surface area contributed by atoms with Gasteiger partial charge in [-0.25, -0.2) is 9.59 Å². The molecule has 1 saturated heterocycles. The number of alkyl halides is 1. The minimum Gasteiger partial charge on any atom is -0.479 e. The Morgan fingerprint density at radius 2 is 2.05 bits per heavy atom. The van der Waals surface area contributed by atoms with Crippen LogP contribution in [0.1, 0.15) is 46.5 Å². The predicted molar refractivity (Wildman–Crippen MR) is 82.1 cm³/mol. The summed E-state index contributed by atoms with van der Waals surface area (Å²) in [5.74, 6) is -1.54. The highest BCUT2D eigenvalue weighted by Gasteiger charge is 2.56. The first-order valence-electron chi connectivity index (χ1n) is 7.42. The van der Waals surface area contributed by atoms with Crippen molar-refractivity contribution in [3.8, 4) is 0 Å². The van der Waals surface area contributed by atoms with E-state index in [9.17, 15) is 19.5 Å². The molecule has 0 bridgehead atoms. The first kappa shape index (κ1) is 18.7. The molecule has 0 aromatic carbocycles. The third-order valence-corrected chi connectivity index (χ3v) is 4.08. The molecular formula is C15H24ClNO5. The first-order valence-corrected chi connectivity index (χ1v) is 7.95. The number of hydrogen-bond acceptors (Lipinski definition) is 4. The predicted octanol–water partition coefficient (Wildman–Crippen LogP) is 2.68. The summed E-state index contributed by atoms with van der Waals surface area (Å²) in [4.78, 5) is 37.1. The van der Waals surface area contributed by atoms with Crippen LogP contribution < -0.4 is 0 Å². The maximum Gasteiger partial charge on any atom is 0.411 e. The third-order valence-electron chi connectivity index (χ3n) is 3.81. The van der Waals surface area contributed by atoms with Crippen molar-refractivity contribution in [2.75, 3.05) is 19.0 Å². The van der Waals surface area contributed by atoms with E-state index in [1.807, 2.05) is 20.8 Å². The molecule has 7 heteroatoms. The van der Waals surface area contributed by atoms with Crippen molar-refractivity contribution >= 4 is 29.4 Å². The van der Waals surface area contributed by atoms with Crippen LogP contribution in [0.15, 0.2) is 0 Å². The molecule has 22 heavy (non-hydrogen) atoms. The zero-order chi connectivity index (χ0) is 17.0. The van der Waals surface area contributed by atoms with Gasteiger partial charge in [0.1, 0.15) is 0 Å². The molecule has 0 radical (unpaired) electrons. The summed E-state index contributed by atoms with van der Waals surface area (Å²) in [5, 5.41) is 9.52. The third kappa shape index (κ3) is 4.12. The largest absolute Gasteiger partial charge is 0.479 e. The lowest BCUT2D eigenvalue weighted by Gasteiger charge is -2.32. The number of likely N-dealkylation sites (tertiary alicyclic amines) is 1. The van der Waals surface area contributed by atoms with Crippen LogP contribution in [0.3, 0.4) is 0 Å². The number of ether oxygens (including phenoxy) is 1. The number of ketones is 1. The van der Waals surface area contributed by atoms with Gasteiger partial charge >= 0.3 is 12.1 Å². The van der Waals surface area contributed by atoms with Gasteiger partial charge in [-0.2, -0.15) is 0 Å². The molecule has 1 amide bonds. The number of carbonyl (C=O) groups is 3. The van der Waals surface area contributed by atoms with Gasteiger partial charge < -0.3 is 9.84 Å². The van der Waals surface area contributed by atoms with E-state index in [-0.39, 0.29) is 37.3 Å². The first-order chi connectivity index (χ1) is 10.1. The summed E-state index contributed by atoms with van der Waals surface area (Å²) in [6.45, 7) is 6.31. The van der Waals surface area contributed by atoms with Crippen molar-refractivity contribution in [2.24, 2.45) is 5.41 Å². The number of nitrogens with zero attached hydrogens (tertiary/aromatic N) is 1. The Labute approximate surface area is 135 Å². The number of carboxylic acid groups (broad SMARTS) is 1. The van der Waals surface area contributed by atoms with E-state index in [1.54, 1.807) is 0 Å². The van der Waals surface area contributed by atoms with Gasteiger partial charge in [0.05, 0.1) is 6.61 Å². The molecule has 0 spiro atoms. The van der Waals surface area contributed by atoms with Gasteiger partial charge in [0.25, 0.3) is 0 Å². The number of Topliss-reactive ketones (excluding diaryl/α,β-unsaturated/α-hetero) is 1. The molecule has 1 rings (SSSR count). The van der Waals surface area contributed by atoms with Gasteiger partial charge in [0.2, 0.25) is 5.54 Å². The van der Waals surface area contributed by atoms with Crippen molar-refractivity contribution in [1.29, 1.82) is 0 Å².